The number of piperidine rings is 1. The highest BCUT2D eigenvalue weighted by Crippen LogP contribution is 2.15. The summed E-state index contributed by atoms with van der Waals surface area (Å²) in [5, 5.41) is 11.9. The molecule has 0 bridgehead atoms. The van der Waals surface area contributed by atoms with Crippen molar-refractivity contribution < 1.29 is 9.90 Å². The average Bonchev–Trinajstić information content (AvgIpc) is 2.30. The summed E-state index contributed by atoms with van der Waals surface area (Å²) in [6.45, 7) is 2.59. The maximum absolute atomic E-state index is 10.7. The van der Waals surface area contributed by atoms with Gasteiger partial charge in [-0.25, -0.2) is 4.79 Å². The highest BCUT2D eigenvalue weighted by atomic mass is 16.4. The standard InChI is InChI=1S/C11H16N2O2/c14-11(15)9-4-5-10(12-8-9)13-6-2-1-3-7-13/h4-5,12H,1-3,6-8H2,(H,14,15). The number of likely N-dealkylation sites (tertiary alicyclic amines) is 1. The monoisotopic (exact) mass is 208 g/mol. The molecule has 82 valence electrons. The number of dihydropyridines is 1. The van der Waals surface area contributed by atoms with Gasteiger partial charge in [0.2, 0.25) is 0 Å². The molecule has 0 aromatic carbocycles. The molecule has 0 aliphatic carbocycles. The minimum Gasteiger partial charge on any atom is -0.478 e. The maximum atomic E-state index is 10.7. The van der Waals surface area contributed by atoms with Crippen molar-refractivity contribution in [2.45, 2.75) is 19.3 Å². The van der Waals surface area contributed by atoms with Crippen LogP contribution >= 0.6 is 0 Å². The Morgan fingerprint density at radius 1 is 1.27 bits per heavy atom. The van der Waals surface area contributed by atoms with E-state index >= 15 is 0 Å². The number of hydrogen-bond donors (Lipinski definition) is 2. The van der Waals surface area contributed by atoms with Crippen LogP contribution in [-0.2, 0) is 4.79 Å². The molecule has 2 rings (SSSR count). The minimum atomic E-state index is -0.837. The van der Waals surface area contributed by atoms with Crippen molar-refractivity contribution in [1.29, 1.82) is 0 Å². The molecule has 0 spiro atoms. The lowest BCUT2D eigenvalue weighted by Gasteiger charge is -2.32. The topological polar surface area (TPSA) is 52.6 Å². The number of carbonyl (C=O) groups is 1. The summed E-state index contributed by atoms with van der Waals surface area (Å²) >= 11 is 0. The molecule has 1 fully saturated rings. The van der Waals surface area contributed by atoms with Crippen LogP contribution < -0.4 is 5.32 Å². The molecular weight excluding hydrogens is 192 g/mol. The molecule has 2 heterocycles. The second-order valence-corrected chi connectivity index (χ2v) is 3.95. The summed E-state index contributed by atoms with van der Waals surface area (Å²) in [6, 6.07) is 0. The summed E-state index contributed by atoms with van der Waals surface area (Å²) in [5.41, 5.74) is 0.427. The summed E-state index contributed by atoms with van der Waals surface area (Å²) in [6.07, 6.45) is 7.34. The van der Waals surface area contributed by atoms with E-state index in [1.807, 2.05) is 6.08 Å². The normalized spacial score (nSPS) is 21.5. The van der Waals surface area contributed by atoms with Crippen molar-refractivity contribution in [2.75, 3.05) is 19.6 Å². The Balaban J connectivity index is 2.02. The predicted octanol–water partition coefficient (Wildman–Crippen LogP) is 0.928. The Hall–Kier alpha value is -1.45. The quantitative estimate of drug-likeness (QED) is 0.708. The van der Waals surface area contributed by atoms with Crippen molar-refractivity contribution >= 4 is 5.97 Å². The van der Waals surface area contributed by atoms with Crippen LogP contribution in [0, 0.1) is 0 Å². The van der Waals surface area contributed by atoms with E-state index in [0.717, 1.165) is 18.9 Å². The van der Waals surface area contributed by atoms with E-state index in [1.54, 1.807) is 6.08 Å². The average molecular weight is 208 g/mol. The fourth-order valence-corrected chi connectivity index (χ4v) is 1.98. The van der Waals surface area contributed by atoms with Crippen molar-refractivity contribution in [1.82, 2.24) is 10.2 Å². The van der Waals surface area contributed by atoms with Crippen LogP contribution in [-0.4, -0.2) is 35.6 Å². The van der Waals surface area contributed by atoms with Gasteiger partial charge in [0.25, 0.3) is 0 Å². The first-order valence-corrected chi connectivity index (χ1v) is 5.40. The van der Waals surface area contributed by atoms with Crippen molar-refractivity contribution in [3.8, 4) is 0 Å². The van der Waals surface area contributed by atoms with Gasteiger partial charge in [0.15, 0.2) is 0 Å². The molecule has 2 aliphatic heterocycles. The van der Waals surface area contributed by atoms with E-state index in [-0.39, 0.29) is 0 Å². The van der Waals surface area contributed by atoms with Gasteiger partial charge in [-0.3, -0.25) is 0 Å². The zero-order valence-electron chi connectivity index (χ0n) is 8.70. The number of hydrogen-bond acceptors (Lipinski definition) is 3. The molecule has 0 radical (unpaired) electrons. The molecular formula is C11H16N2O2. The molecule has 4 heteroatoms. The number of rotatable bonds is 2. The van der Waals surface area contributed by atoms with Crippen LogP contribution in [0.2, 0.25) is 0 Å². The molecule has 0 aromatic rings. The number of nitrogens with one attached hydrogen (secondary N) is 1. The number of aliphatic carboxylic acids is 1. The van der Waals surface area contributed by atoms with Gasteiger partial charge in [0.05, 0.1) is 5.57 Å². The number of allylic oxidation sites excluding steroid dienone is 2. The van der Waals surface area contributed by atoms with Gasteiger partial charge in [-0.05, 0) is 31.4 Å². The zero-order valence-corrected chi connectivity index (χ0v) is 8.70. The molecule has 4 nitrogen and oxygen atoms in total. The minimum absolute atomic E-state index is 0.427. The summed E-state index contributed by atoms with van der Waals surface area (Å²) in [7, 11) is 0. The fourth-order valence-electron chi connectivity index (χ4n) is 1.98. The SMILES string of the molecule is O=C(O)C1=CC=C(N2CCCCC2)NC1. The van der Waals surface area contributed by atoms with Gasteiger partial charge in [-0.2, -0.15) is 0 Å². The van der Waals surface area contributed by atoms with E-state index in [1.165, 1.54) is 19.3 Å². The first kappa shape index (κ1) is 10.1. The fraction of sp³-hybridized carbons (Fsp3) is 0.545. The number of carboxylic acid groups (broad SMARTS) is 1. The van der Waals surface area contributed by atoms with E-state index in [9.17, 15) is 4.79 Å². The Morgan fingerprint density at radius 3 is 2.53 bits per heavy atom. The maximum Gasteiger partial charge on any atom is 0.333 e. The first-order chi connectivity index (χ1) is 7.27. The van der Waals surface area contributed by atoms with Crippen LogP contribution in [0.4, 0.5) is 0 Å². The molecule has 2 aliphatic rings. The van der Waals surface area contributed by atoms with E-state index in [2.05, 4.69) is 10.2 Å². The molecule has 15 heavy (non-hydrogen) atoms. The largest absolute Gasteiger partial charge is 0.478 e. The summed E-state index contributed by atoms with van der Waals surface area (Å²) in [5.74, 6) is 0.233. The third kappa shape index (κ3) is 2.32. The predicted molar refractivity (Wildman–Crippen MR) is 57.2 cm³/mol. The third-order valence-corrected chi connectivity index (χ3v) is 2.87. The Labute approximate surface area is 89.3 Å². The van der Waals surface area contributed by atoms with Gasteiger partial charge in [0.1, 0.15) is 5.82 Å². The lowest BCUT2D eigenvalue weighted by Crippen LogP contribution is -2.38. The molecule has 1 saturated heterocycles. The van der Waals surface area contributed by atoms with Gasteiger partial charge in [-0.1, -0.05) is 0 Å². The number of carboxylic acids is 1. The van der Waals surface area contributed by atoms with Crippen molar-refractivity contribution in [2.24, 2.45) is 0 Å². The lowest BCUT2D eigenvalue weighted by molar-refractivity contribution is -0.132. The van der Waals surface area contributed by atoms with Gasteiger partial charge >= 0.3 is 5.97 Å². The van der Waals surface area contributed by atoms with Crippen molar-refractivity contribution in [3.05, 3.63) is 23.5 Å². The van der Waals surface area contributed by atoms with Crippen molar-refractivity contribution in [3.63, 3.8) is 0 Å². The first-order valence-electron chi connectivity index (χ1n) is 5.40. The summed E-state index contributed by atoms with van der Waals surface area (Å²) in [4.78, 5) is 13.0. The molecule has 0 saturated carbocycles. The highest BCUT2D eigenvalue weighted by Gasteiger charge is 2.17. The molecule has 0 aromatic heterocycles. The van der Waals surface area contributed by atoms with E-state index in [0.29, 0.717) is 12.1 Å². The molecule has 0 unspecified atom stereocenters. The second-order valence-electron chi connectivity index (χ2n) is 3.95. The van der Waals surface area contributed by atoms with E-state index in [4.69, 9.17) is 5.11 Å². The molecule has 0 amide bonds. The third-order valence-electron chi connectivity index (χ3n) is 2.87. The Bertz CT molecular complexity index is 315. The van der Waals surface area contributed by atoms with E-state index < -0.39 is 5.97 Å². The van der Waals surface area contributed by atoms with Gasteiger partial charge in [0, 0.05) is 19.6 Å². The van der Waals surface area contributed by atoms with Gasteiger partial charge in [-0.15, -0.1) is 0 Å². The highest BCUT2D eigenvalue weighted by molar-refractivity contribution is 5.87. The van der Waals surface area contributed by atoms with Crippen LogP contribution in [0.5, 0.6) is 0 Å². The van der Waals surface area contributed by atoms with Crippen LogP contribution in [0.15, 0.2) is 23.5 Å². The molecule has 2 N–H and O–H groups in total. The Kier molecular flexibility index (Phi) is 2.94. The van der Waals surface area contributed by atoms with Crippen LogP contribution in [0.25, 0.3) is 0 Å². The van der Waals surface area contributed by atoms with Crippen LogP contribution in [0.1, 0.15) is 19.3 Å². The summed E-state index contributed by atoms with van der Waals surface area (Å²) < 4.78 is 0. The molecule has 0 atom stereocenters. The lowest BCUT2D eigenvalue weighted by atomic mass is 10.1. The van der Waals surface area contributed by atoms with Crippen LogP contribution in [0.3, 0.4) is 0 Å². The zero-order chi connectivity index (χ0) is 10.7. The van der Waals surface area contributed by atoms with Gasteiger partial charge < -0.3 is 15.3 Å². The Morgan fingerprint density at radius 2 is 2.00 bits per heavy atom. The smallest absolute Gasteiger partial charge is 0.333 e. The number of nitrogens with zero attached hydrogens (tertiary/aromatic N) is 1. The second kappa shape index (κ2) is 4.38.